The van der Waals surface area contributed by atoms with E-state index in [0.29, 0.717) is 40.2 Å². The van der Waals surface area contributed by atoms with Crippen LogP contribution in [0.25, 0.3) is 0 Å². The van der Waals surface area contributed by atoms with Crippen molar-refractivity contribution in [2.45, 2.75) is 59.0 Å². The fourth-order valence-corrected chi connectivity index (χ4v) is 5.31. The quantitative estimate of drug-likeness (QED) is 0.287. The second kappa shape index (κ2) is 15.2. The number of anilines is 1. The number of sulfonamides is 1. The van der Waals surface area contributed by atoms with Crippen molar-refractivity contribution in [3.05, 3.63) is 58.1 Å². The van der Waals surface area contributed by atoms with Crippen LogP contribution in [0.1, 0.15) is 52.0 Å². The fraction of sp³-hybridized carbons (Fsp3) is 0.481. The van der Waals surface area contributed by atoms with E-state index in [9.17, 15) is 18.0 Å². The predicted octanol–water partition coefficient (Wildman–Crippen LogP) is 5.27. The van der Waals surface area contributed by atoms with Crippen LogP contribution < -0.4 is 14.4 Å². The highest BCUT2D eigenvalue weighted by Crippen LogP contribution is 2.30. The summed E-state index contributed by atoms with van der Waals surface area (Å²) in [7, 11) is -3.64. The average Bonchev–Trinajstić information content (AvgIpc) is 2.86. The molecule has 1 N–H and O–H groups in total. The van der Waals surface area contributed by atoms with Crippen molar-refractivity contribution in [1.29, 1.82) is 0 Å². The third-order valence-corrected chi connectivity index (χ3v) is 7.71. The van der Waals surface area contributed by atoms with E-state index in [4.69, 9.17) is 27.9 Å². The topological polar surface area (TPSA) is 96.0 Å². The summed E-state index contributed by atoms with van der Waals surface area (Å²) in [4.78, 5) is 27.7. The summed E-state index contributed by atoms with van der Waals surface area (Å²) in [5.41, 5.74) is 1.07. The molecular formula is C27H37Cl2N3O5S. The van der Waals surface area contributed by atoms with Gasteiger partial charge in [-0.2, -0.15) is 0 Å². The van der Waals surface area contributed by atoms with Gasteiger partial charge in [0.25, 0.3) is 0 Å². The monoisotopic (exact) mass is 585 g/mol. The van der Waals surface area contributed by atoms with Crippen molar-refractivity contribution in [1.82, 2.24) is 10.2 Å². The smallest absolute Gasteiger partial charge is 0.242 e. The first kappa shape index (κ1) is 31.7. The molecule has 2 rings (SSSR count). The second-order valence-electron chi connectivity index (χ2n) is 8.92. The molecule has 0 fully saturated rings. The third kappa shape index (κ3) is 9.36. The fourth-order valence-electron chi connectivity index (χ4n) is 3.88. The Balaban J connectivity index is 2.22. The number of rotatable bonds is 15. The molecule has 0 aliphatic heterocycles. The van der Waals surface area contributed by atoms with Crippen molar-refractivity contribution >= 4 is 50.7 Å². The molecule has 0 saturated carbocycles. The number of para-hydroxylation sites is 2. The van der Waals surface area contributed by atoms with E-state index in [1.54, 1.807) is 49.4 Å². The van der Waals surface area contributed by atoms with Gasteiger partial charge >= 0.3 is 0 Å². The van der Waals surface area contributed by atoms with Crippen molar-refractivity contribution < 1.29 is 22.7 Å². The summed E-state index contributed by atoms with van der Waals surface area (Å²) in [6.07, 6.45) is 3.15. The molecule has 0 aromatic heterocycles. The summed E-state index contributed by atoms with van der Waals surface area (Å²) < 4.78 is 32.1. The molecule has 0 radical (unpaired) electrons. The standard InChI is InChI=1S/C27H37Cl2N3O5S/c1-5-7-16-30-27(34)20(3)31(19-21-14-15-22(28)18-23(21)29)26(33)13-10-17-32(38(4,35)36)24-11-8-9-12-25(24)37-6-2/h8-9,11-12,14-15,18,20H,5-7,10,13,16-17,19H2,1-4H3,(H,30,34)/t20-/m1/s1. The molecule has 0 heterocycles. The van der Waals surface area contributed by atoms with Crippen molar-refractivity contribution in [3.63, 3.8) is 0 Å². The normalized spacial score (nSPS) is 12.1. The molecular weight excluding hydrogens is 549 g/mol. The number of hydrogen-bond acceptors (Lipinski definition) is 5. The van der Waals surface area contributed by atoms with Gasteiger partial charge in [0.2, 0.25) is 21.8 Å². The molecule has 1 atom stereocenters. The highest BCUT2D eigenvalue weighted by Gasteiger charge is 2.27. The minimum Gasteiger partial charge on any atom is -0.492 e. The lowest BCUT2D eigenvalue weighted by Gasteiger charge is -2.30. The zero-order valence-electron chi connectivity index (χ0n) is 22.4. The van der Waals surface area contributed by atoms with E-state index in [-0.39, 0.29) is 37.7 Å². The van der Waals surface area contributed by atoms with E-state index in [2.05, 4.69) is 5.32 Å². The van der Waals surface area contributed by atoms with Crippen molar-refractivity contribution in [2.75, 3.05) is 30.3 Å². The number of carbonyl (C=O) groups is 2. The number of nitrogens with zero attached hydrogens (tertiary/aromatic N) is 2. The number of benzene rings is 2. The van der Waals surface area contributed by atoms with Gasteiger partial charge in [-0.25, -0.2) is 8.42 Å². The predicted molar refractivity (Wildman–Crippen MR) is 153 cm³/mol. The molecule has 0 unspecified atom stereocenters. The second-order valence-corrected chi connectivity index (χ2v) is 11.7. The summed E-state index contributed by atoms with van der Waals surface area (Å²) >= 11 is 12.4. The first-order valence-corrected chi connectivity index (χ1v) is 15.3. The Labute approximate surface area is 236 Å². The van der Waals surface area contributed by atoms with Gasteiger partial charge in [-0.1, -0.05) is 54.7 Å². The highest BCUT2D eigenvalue weighted by atomic mass is 35.5. The average molecular weight is 587 g/mol. The third-order valence-electron chi connectivity index (χ3n) is 5.94. The van der Waals surface area contributed by atoms with Crippen LogP contribution in [0.3, 0.4) is 0 Å². The largest absolute Gasteiger partial charge is 0.492 e. The molecule has 210 valence electrons. The Morgan fingerprint density at radius 3 is 2.42 bits per heavy atom. The Hall–Kier alpha value is -2.49. The first-order valence-electron chi connectivity index (χ1n) is 12.7. The number of nitrogens with one attached hydrogen (secondary N) is 1. The molecule has 2 aromatic carbocycles. The van der Waals surface area contributed by atoms with E-state index in [1.807, 2.05) is 13.8 Å². The van der Waals surface area contributed by atoms with Gasteiger partial charge in [0.15, 0.2) is 0 Å². The number of carbonyl (C=O) groups excluding carboxylic acids is 2. The lowest BCUT2D eigenvalue weighted by molar-refractivity contribution is -0.140. The van der Waals surface area contributed by atoms with Crippen LogP contribution in [0.2, 0.25) is 10.0 Å². The summed E-state index contributed by atoms with van der Waals surface area (Å²) in [6, 6.07) is 11.1. The van der Waals surface area contributed by atoms with Gasteiger partial charge in [0, 0.05) is 36.1 Å². The van der Waals surface area contributed by atoms with E-state index >= 15 is 0 Å². The number of ether oxygens (including phenoxy) is 1. The van der Waals surface area contributed by atoms with Crippen LogP contribution in [0.5, 0.6) is 5.75 Å². The molecule has 11 heteroatoms. The van der Waals surface area contributed by atoms with E-state index < -0.39 is 16.1 Å². The van der Waals surface area contributed by atoms with Gasteiger partial charge in [-0.3, -0.25) is 13.9 Å². The molecule has 0 saturated heterocycles. The molecule has 2 amide bonds. The minimum atomic E-state index is -3.64. The Kier molecular flexibility index (Phi) is 12.7. The molecule has 38 heavy (non-hydrogen) atoms. The lowest BCUT2D eigenvalue weighted by Crippen LogP contribution is -2.48. The van der Waals surface area contributed by atoms with Crippen LogP contribution in [-0.4, -0.2) is 57.1 Å². The van der Waals surface area contributed by atoms with Gasteiger partial charge < -0.3 is 15.0 Å². The van der Waals surface area contributed by atoms with Gasteiger partial charge in [-0.05, 0) is 56.5 Å². The zero-order chi connectivity index (χ0) is 28.3. The Bertz CT molecular complexity index is 1190. The van der Waals surface area contributed by atoms with Crippen LogP contribution in [0.4, 0.5) is 5.69 Å². The Morgan fingerprint density at radius 1 is 1.08 bits per heavy atom. The van der Waals surface area contributed by atoms with Gasteiger partial charge in [0.1, 0.15) is 11.8 Å². The summed E-state index contributed by atoms with van der Waals surface area (Å²) in [5, 5.41) is 3.73. The number of halogens is 2. The van der Waals surface area contributed by atoms with Crippen molar-refractivity contribution in [3.8, 4) is 5.75 Å². The molecule has 8 nitrogen and oxygen atoms in total. The number of unbranched alkanes of at least 4 members (excludes halogenated alkanes) is 1. The molecule has 0 spiro atoms. The number of amides is 2. The molecule has 0 aliphatic carbocycles. The van der Waals surface area contributed by atoms with Crippen LogP contribution in [-0.2, 0) is 26.2 Å². The van der Waals surface area contributed by atoms with Gasteiger partial charge in [-0.15, -0.1) is 0 Å². The van der Waals surface area contributed by atoms with Crippen LogP contribution >= 0.6 is 23.2 Å². The number of hydrogen-bond donors (Lipinski definition) is 1. The van der Waals surface area contributed by atoms with E-state index in [0.717, 1.165) is 19.1 Å². The summed E-state index contributed by atoms with van der Waals surface area (Å²) in [5.74, 6) is -0.107. The lowest BCUT2D eigenvalue weighted by atomic mass is 10.1. The first-order chi connectivity index (χ1) is 18.0. The Morgan fingerprint density at radius 2 is 1.79 bits per heavy atom. The minimum absolute atomic E-state index is 0.0284. The molecule has 0 aliphatic rings. The summed E-state index contributed by atoms with van der Waals surface area (Å²) in [6.45, 7) is 6.60. The molecule has 2 aromatic rings. The van der Waals surface area contributed by atoms with Crippen molar-refractivity contribution in [2.24, 2.45) is 0 Å². The molecule has 0 bridgehead atoms. The maximum atomic E-state index is 13.4. The zero-order valence-corrected chi connectivity index (χ0v) is 24.7. The van der Waals surface area contributed by atoms with Gasteiger partial charge in [0.05, 0.1) is 18.6 Å². The maximum absolute atomic E-state index is 13.4. The van der Waals surface area contributed by atoms with Crippen LogP contribution in [0.15, 0.2) is 42.5 Å². The van der Waals surface area contributed by atoms with Crippen LogP contribution in [0, 0.1) is 0 Å². The highest BCUT2D eigenvalue weighted by molar-refractivity contribution is 7.92. The maximum Gasteiger partial charge on any atom is 0.242 e. The van der Waals surface area contributed by atoms with E-state index in [1.165, 1.54) is 9.21 Å². The SMILES string of the molecule is CCCCNC(=O)[C@@H](C)N(Cc1ccc(Cl)cc1Cl)C(=O)CCCN(c1ccccc1OCC)S(C)(=O)=O.